The van der Waals surface area contributed by atoms with Gasteiger partial charge in [0.25, 0.3) is 0 Å². The Balaban J connectivity index is 2.27. The molecule has 1 aromatic heterocycles. The van der Waals surface area contributed by atoms with Crippen molar-refractivity contribution in [3.63, 3.8) is 0 Å². The van der Waals surface area contributed by atoms with E-state index in [1.807, 2.05) is 6.92 Å². The predicted octanol–water partition coefficient (Wildman–Crippen LogP) is 2.35. The Morgan fingerprint density at radius 1 is 1.43 bits per heavy atom. The molecule has 0 saturated heterocycles. The first-order valence-electron chi connectivity index (χ1n) is 5.95. The van der Waals surface area contributed by atoms with Gasteiger partial charge in [0.1, 0.15) is 10.7 Å². The Bertz CT molecular complexity index is 781. The number of hydrogen-bond donors (Lipinski definition) is 2. The SMILES string of the molecule is Cc1ccncc1CNS(=O)(=O)c1cc(N)c(Br)cc1F. The third-order valence-corrected chi connectivity index (χ3v) is 5.04. The van der Waals surface area contributed by atoms with Gasteiger partial charge in [0, 0.05) is 29.1 Å². The number of nitrogens with one attached hydrogen (secondary N) is 1. The summed E-state index contributed by atoms with van der Waals surface area (Å²) in [5.74, 6) is -0.869. The zero-order valence-electron chi connectivity index (χ0n) is 11.1. The number of halogens is 2. The third-order valence-electron chi connectivity index (χ3n) is 2.94. The molecule has 5 nitrogen and oxygen atoms in total. The first-order chi connectivity index (χ1) is 9.81. The van der Waals surface area contributed by atoms with Crippen LogP contribution >= 0.6 is 15.9 Å². The van der Waals surface area contributed by atoms with Crippen LogP contribution in [0.15, 0.2) is 40.0 Å². The van der Waals surface area contributed by atoms with Crippen LogP contribution < -0.4 is 10.5 Å². The first-order valence-corrected chi connectivity index (χ1v) is 8.22. The Hall–Kier alpha value is -1.51. The summed E-state index contributed by atoms with van der Waals surface area (Å²) in [4.78, 5) is 3.45. The molecule has 0 bridgehead atoms. The molecular weight excluding hydrogens is 361 g/mol. The number of sulfonamides is 1. The fraction of sp³-hybridized carbons (Fsp3) is 0.154. The maximum Gasteiger partial charge on any atom is 0.243 e. The highest BCUT2D eigenvalue weighted by Crippen LogP contribution is 2.26. The maximum atomic E-state index is 13.8. The molecule has 0 spiro atoms. The minimum absolute atomic E-state index is 0.0252. The number of aromatic nitrogens is 1. The maximum absolute atomic E-state index is 13.8. The van der Waals surface area contributed by atoms with Crippen molar-refractivity contribution in [2.24, 2.45) is 0 Å². The van der Waals surface area contributed by atoms with E-state index in [0.717, 1.165) is 17.7 Å². The van der Waals surface area contributed by atoms with E-state index < -0.39 is 20.7 Å². The predicted molar refractivity (Wildman–Crippen MR) is 81.5 cm³/mol. The van der Waals surface area contributed by atoms with Crippen molar-refractivity contribution >= 4 is 31.6 Å². The molecule has 0 fully saturated rings. The summed E-state index contributed by atoms with van der Waals surface area (Å²) in [6.07, 6.45) is 3.17. The Labute approximate surface area is 130 Å². The quantitative estimate of drug-likeness (QED) is 0.805. The number of nitrogen functional groups attached to an aromatic ring is 1. The highest BCUT2D eigenvalue weighted by Gasteiger charge is 2.20. The van der Waals surface area contributed by atoms with Gasteiger partial charge in [0.15, 0.2) is 0 Å². The number of hydrogen-bond acceptors (Lipinski definition) is 4. The average Bonchev–Trinajstić information content (AvgIpc) is 2.42. The summed E-state index contributed by atoms with van der Waals surface area (Å²) in [6, 6.07) is 3.87. The highest BCUT2D eigenvalue weighted by atomic mass is 79.9. The molecule has 112 valence electrons. The minimum Gasteiger partial charge on any atom is -0.398 e. The molecule has 0 aliphatic carbocycles. The van der Waals surface area contributed by atoms with Crippen LogP contribution in [-0.4, -0.2) is 13.4 Å². The van der Waals surface area contributed by atoms with Crippen LogP contribution in [0, 0.1) is 12.7 Å². The Morgan fingerprint density at radius 2 is 2.14 bits per heavy atom. The monoisotopic (exact) mass is 373 g/mol. The fourth-order valence-electron chi connectivity index (χ4n) is 1.68. The van der Waals surface area contributed by atoms with Crippen molar-refractivity contribution in [2.45, 2.75) is 18.4 Å². The van der Waals surface area contributed by atoms with Gasteiger partial charge in [-0.3, -0.25) is 4.98 Å². The number of aryl methyl sites for hydroxylation is 1. The molecule has 8 heteroatoms. The van der Waals surface area contributed by atoms with Crippen LogP contribution in [0.1, 0.15) is 11.1 Å². The van der Waals surface area contributed by atoms with Crippen LogP contribution in [0.25, 0.3) is 0 Å². The molecule has 0 aliphatic heterocycles. The van der Waals surface area contributed by atoms with Crippen LogP contribution in [-0.2, 0) is 16.6 Å². The Kier molecular flexibility index (Phi) is 4.60. The van der Waals surface area contributed by atoms with Crippen molar-refractivity contribution in [1.29, 1.82) is 0 Å². The summed E-state index contributed by atoms with van der Waals surface area (Å²) >= 11 is 3.04. The standard InChI is InChI=1S/C13H13BrFN3O2S/c1-8-2-3-17-6-9(8)7-18-21(19,20)13-5-12(16)10(14)4-11(13)15/h2-6,18H,7,16H2,1H3. The topological polar surface area (TPSA) is 85.1 Å². The smallest absolute Gasteiger partial charge is 0.243 e. The lowest BCUT2D eigenvalue weighted by Crippen LogP contribution is -2.24. The van der Waals surface area contributed by atoms with Gasteiger partial charge in [-0.25, -0.2) is 17.5 Å². The van der Waals surface area contributed by atoms with E-state index in [1.165, 1.54) is 0 Å². The molecule has 0 amide bonds. The second-order valence-corrected chi connectivity index (χ2v) is 7.02. The largest absolute Gasteiger partial charge is 0.398 e. The lowest BCUT2D eigenvalue weighted by Gasteiger charge is -2.10. The summed E-state index contributed by atoms with van der Waals surface area (Å²) in [7, 11) is -4.00. The second kappa shape index (κ2) is 6.08. The van der Waals surface area contributed by atoms with Crippen LogP contribution in [0.2, 0.25) is 0 Å². The summed E-state index contributed by atoms with van der Waals surface area (Å²) in [5, 5.41) is 0. The molecule has 0 aliphatic rings. The molecule has 3 N–H and O–H groups in total. The molecule has 2 aromatic rings. The van der Waals surface area contributed by atoms with Crippen molar-refractivity contribution in [3.05, 3.63) is 52.0 Å². The van der Waals surface area contributed by atoms with E-state index in [2.05, 4.69) is 25.6 Å². The molecule has 0 radical (unpaired) electrons. The number of pyridine rings is 1. The van der Waals surface area contributed by atoms with Crippen molar-refractivity contribution in [3.8, 4) is 0 Å². The molecular formula is C13H13BrFN3O2S. The van der Waals surface area contributed by atoms with Crippen molar-refractivity contribution in [2.75, 3.05) is 5.73 Å². The number of rotatable bonds is 4. The molecule has 1 heterocycles. The summed E-state index contributed by atoms with van der Waals surface area (Å²) < 4.78 is 40.8. The molecule has 0 saturated carbocycles. The van der Waals surface area contributed by atoms with Crippen LogP contribution in [0.4, 0.5) is 10.1 Å². The first kappa shape index (κ1) is 15.9. The zero-order valence-corrected chi connectivity index (χ0v) is 13.5. The van der Waals surface area contributed by atoms with E-state index in [1.54, 1.807) is 18.5 Å². The van der Waals surface area contributed by atoms with Gasteiger partial charge in [-0.1, -0.05) is 0 Å². The third kappa shape index (κ3) is 3.58. The Morgan fingerprint density at radius 3 is 2.81 bits per heavy atom. The van der Waals surface area contributed by atoms with Gasteiger partial charge in [-0.2, -0.15) is 0 Å². The van der Waals surface area contributed by atoms with Gasteiger partial charge in [0.05, 0.1) is 0 Å². The molecule has 1 aromatic carbocycles. The lowest BCUT2D eigenvalue weighted by atomic mass is 10.2. The van der Waals surface area contributed by atoms with Gasteiger partial charge in [-0.15, -0.1) is 0 Å². The molecule has 21 heavy (non-hydrogen) atoms. The van der Waals surface area contributed by atoms with Gasteiger partial charge in [0.2, 0.25) is 10.0 Å². The molecule has 0 atom stereocenters. The average molecular weight is 374 g/mol. The summed E-state index contributed by atoms with van der Waals surface area (Å²) in [5.41, 5.74) is 7.36. The van der Waals surface area contributed by atoms with E-state index in [0.29, 0.717) is 10.0 Å². The normalized spacial score (nSPS) is 11.6. The van der Waals surface area contributed by atoms with E-state index in [4.69, 9.17) is 5.73 Å². The van der Waals surface area contributed by atoms with E-state index in [9.17, 15) is 12.8 Å². The number of benzene rings is 1. The summed E-state index contributed by atoms with van der Waals surface area (Å²) in [6.45, 7) is 1.86. The number of anilines is 1. The molecule has 2 rings (SSSR count). The molecule has 0 unspecified atom stereocenters. The van der Waals surface area contributed by atoms with E-state index in [-0.39, 0.29) is 12.2 Å². The second-order valence-electron chi connectivity index (χ2n) is 4.43. The highest BCUT2D eigenvalue weighted by molar-refractivity contribution is 9.10. The van der Waals surface area contributed by atoms with Gasteiger partial charge >= 0.3 is 0 Å². The van der Waals surface area contributed by atoms with Gasteiger partial charge in [-0.05, 0) is 52.2 Å². The van der Waals surface area contributed by atoms with Crippen LogP contribution in [0.5, 0.6) is 0 Å². The van der Waals surface area contributed by atoms with Crippen molar-refractivity contribution < 1.29 is 12.8 Å². The van der Waals surface area contributed by atoms with Gasteiger partial charge < -0.3 is 5.73 Å². The fourth-order valence-corrected chi connectivity index (χ4v) is 3.10. The minimum atomic E-state index is -4.00. The lowest BCUT2D eigenvalue weighted by molar-refractivity contribution is 0.556. The van der Waals surface area contributed by atoms with Crippen LogP contribution in [0.3, 0.4) is 0 Å². The number of nitrogens with two attached hydrogens (primary N) is 1. The van der Waals surface area contributed by atoms with Crippen molar-refractivity contribution in [1.82, 2.24) is 9.71 Å². The zero-order chi connectivity index (χ0) is 15.6. The van der Waals surface area contributed by atoms with E-state index >= 15 is 0 Å². The number of nitrogens with zero attached hydrogens (tertiary/aromatic N) is 1.